The molecule has 8 nitrogen and oxygen atoms in total. The number of sulfonamides is 1. The van der Waals surface area contributed by atoms with Crippen molar-refractivity contribution in [2.75, 3.05) is 19.4 Å². The molecule has 2 amide bonds. The third-order valence-electron chi connectivity index (χ3n) is 5.91. The number of thioether (sulfide) groups is 1. The molecule has 37 heavy (non-hydrogen) atoms. The van der Waals surface area contributed by atoms with Gasteiger partial charge in [-0.25, -0.2) is 22.1 Å². The zero-order chi connectivity index (χ0) is 27.3. The molecule has 0 bridgehead atoms. The van der Waals surface area contributed by atoms with Gasteiger partial charge in [0.25, 0.3) is 0 Å². The summed E-state index contributed by atoms with van der Waals surface area (Å²) in [5.74, 6) is -0.838. The Morgan fingerprint density at radius 3 is 2.49 bits per heavy atom. The molecular weight excluding hydrogens is 515 g/mol. The van der Waals surface area contributed by atoms with Crippen molar-refractivity contribution < 1.29 is 22.4 Å². The van der Waals surface area contributed by atoms with E-state index in [2.05, 4.69) is 24.2 Å². The number of rotatable bonds is 10. The number of anilines is 1. The fourth-order valence-corrected chi connectivity index (χ4v) is 5.96. The van der Waals surface area contributed by atoms with E-state index in [1.807, 2.05) is 6.92 Å². The fourth-order valence-electron chi connectivity index (χ4n) is 3.77. The summed E-state index contributed by atoms with van der Waals surface area (Å²) in [4.78, 5) is 32.4. The molecule has 0 radical (unpaired) electrons. The number of amidine groups is 1. The number of hydrogen-bond acceptors (Lipinski definition) is 6. The van der Waals surface area contributed by atoms with Crippen molar-refractivity contribution in [3.8, 4) is 0 Å². The van der Waals surface area contributed by atoms with Crippen LogP contribution >= 0.6 is 11.8 Å². The SMILES string of the molecule is CC(C)CCC(C)N1C(=O)C(CC(=O)Nc2ccccc2F)SC1=Nc1cccc(S(=O)(=O)N(C)C)c1. The van der Waals surface area contributed by atoms with Crippen LogP contribution in [-0.2, 0) is 19.6 Å². The predicted molar refractivity (Wildman–Crippen MR) is 146 cm³/mol. The first-order valence-corrected chi connectivity index (χ1v) is 14.4. The smallest absolute Gasteiger partial charge is 0.242 e. The van der Waals surface area contributed by atoms with Gasteiger partial charge in [-0.2, -0.15) is 0 Å². The Labute approximate surface area is 222 Å². The molecule has 1 saturated heterocycles. The summed E-state index contributed by atoms with van der Waals surface area (Å²) in [6.07, 6.45) is 1.49. The van der Waals surface area contributed by atoms with Crippen LogP contribution in [0.4, 0.5) is 15.8 Å². The molecule has 1 fully saturated rings. The Morgan fingerprint density at radius 2 is 1.84 bits per heavy atom. The third kappa shape index (κ3) is 7.18. The van der Waals surface area contributed by atoms with Gasteiger partial charge in [-0.05, 0) is 56.0 Å². The van der Waals surface area contributed by atoms with Crippen molar-refractivity contribution in [3.05, 3.63) is 54.3 Å². The summed E-state index contributed by atoms with van der Waals surface area (Å²) in [6.45, 7) is 6.15. The molecule has 200 valence electrons. The van der Waals surface area contributed by atoms with Gasteiger partial charge >= 0.3 is 0 Å². The van der Waals surface area contributed by atoms with Crippen LogP contribution in [0.5, 0.6) is 0 Å². The second-order valence-corrected chi connectivity index (χ2v) is 12.9. The maximum Gasteiger partial charge on any atom is 0.242 e. The van der Waals surface area contributed by atoms with Gasteiger partial charge < -0.3 is 5.32 Å². The molecule has 1 aliphatic rings. The first-order valence-electron chi connectivity index (χ1n) is 12.1. The van der Waals surface area contributed by atoms with E-state index in [1.54, 1.807) is 23.1 Å². The Kier molecular flexibility index (Phi) is 9.49. The number of halogens is 1. The van der Waals surface area contributed by atoms with Gasteiger partial charge in [0.15, 0.2) is 5.17 Å². The molecule has 1 aliphatic heterocycles. The molecule has 2 aromatic rings. The lowest BCUT2D eigenvalue weighted by Gasteiger charge is -2.25. The van der Waals surface area contributed by atoms with Crippen LogP contribution in [0.3, 0.4) is 0 Å². The Hall–Kier alpha value is -2.76. The van der Waals surface area contributed by atoms with Crippen molar-refractivity contribution in [2.45, 2.75) is 56.2 Å². The molecule has 0 aliphatic carbocycles. The fraction of sp³-hybridized carbons (Fsp3) is 0.423. The zero-order valence-electron chi connectivity index (χ0n) is 21.6. The maximum atomic E-state index is 14.0. The minimum absolute atomic E-state index is 0.0536. The van der Waals surface area contributed by atoms with Crippen molar-refractivity contribution in [3.63, 3.8) is 0 Å². The van der Waals surface area contributed by atoms with Crippen molar-refractivity contribution >= 4 is 50.1 Å². The zero-order valence-corrected chi connectivity index (χ0v) is 23.3. The third-order valence-corrected chi connectivity index (χ3v) is 8.87. The quantitative estimate of drug-likeness (QED) is 0.457. The first-order chi connectivity index (χ1) is 17.4. The molecular formula is C26H33FN4O4S2. The van der Waals surface area contributed by atoms with Gasteiger partial charge in [-0.1, -0.05) is 43.8 Å². The Morgan fingerprint density at radius 1 is 1.14 bits per heavy atom. The second-order valence-electron chi connectivity index (χ2n) is 9.55. The summed E-state index contributed by atoms with van der Waals surface area (Å²) in [7, 11) is -0.753. The molecule has 1 heterocycles. The topological polar surface area (TPSA) is 99.1 Å². The van der Waals surface area contributed by atoms with Gasteiger partial charge in [0.05, 0.1) is 16.3 Å². The van der Waals surface area contributed by atoms with E-state index >= 15 is 0 Å². The maximum absolute atomic E-state index is 14.0. The normalized spacial score (nSPS) is 18.2. The largest absolute Gasteiger partial charge is 0.324 e. The van der Waals surface area contributed by atoms with Crippen LogP contribution in [0.25, 0.3) is 0 Å². The molecule has 2 atom stereocenters. The Balaban J connectivity index is 1.88. The predicted octanol–water partition coefficient (Wildman–Crippen LogP) is 4.86. The van der Waals surface area contributed by atoms with Crippen LogP contribution in [-0.4, -0.2) is 60.0 Å². The average Bonchev–Trinajstić information content (AvgIpc) is 3.13. The van der Waals surface area contributed by atoms with E-state index in [-0.39, 0.29) is 29.0 Å². The van der Waals surface area contributed by atoms with Crippen molar-refractivity contribution in [2.24, 2.45) is 10.9 Å². The van der Waals surface area contributed by atoms with E-state index in [1.165, 1.54) is 44.4 Å². The molecule has 0 saturated carbocycles. The van der Waals surface area contributed by atoms with E-state index in [0.29, 0.717) is 16.8 Å². The van der Waals surface area contributed by atoms with E-state index < -0.39 is 27.0 Å². The minimum Gasteiger partial charge on any atom is -0.324 e. The number of nitrogens with zero attached hydrogens (tertiary/aromatic N) is 3. The molecule has 2 unspecified atom stereocenters. The number of carbonyl (C=O) groups excluding carboxylic acids is 2. The van der Waals surface area contributed by atoms with Crippen molar-refractivity contribution in [1.29, 1.82) is 0 Å². The molecule has 2 aromatic carbocycles. The van der Waals surface area contributed by atoms with Gasteiger partial charge in [0.2, 0.25) is 21.8 Å². The van der Waals surface area contributed by atoms with Crippen LogP contribution in [0, 0.1) is 11.7 Å². The summed E-state index contributed by atoms with van der Waals surface area (Å²) in [6, 6.07) is 11.9. The monoisotopic (exact) mass is 548 g/mol. The number of benzene rings is 2. The molecule has 0 spiro atoms. The highest BCUT2D eigenvalue weighted by Gasteiger charge is 2.41. The summed E-state index contributed by atoms with van der Waals surface area (Å²) in [5.41, 5.74) is 0.439. The highest BCUT2D eigenvalue weighted by molar-refractivity contribution is 8.15. The molecule has 1 N–H and O–H groups in total. The lowest BCUT2D eigenvalue weighted by Crippen LogP contribution is -2.40. The first kappa shape index (κ1) is 28.8. The summed E-state index contributed by atoms with van der Waals surface area (Å²) < 4.78 is 40.2. The number of nitrogens with one attached hydrogen (secondary N) is 1. The number of amides is 2. The van der Waals surface area contributed by atoms with Crippen LogP contribution in [0.1, 0.15) is 40.0 Å². The van der Waals surface area contributed by atoms with Gasteiger partial charge in [-0.15, -0.1) is 0 Å². The van der Waals surface area contributed by atoms with Gasteiger partial charge in [-0.3, -0.25) is 14.5 Å². The lowest BCUT2D eigenvalue weighted by molar-refractivity contribution is -0.129. The Bertz CT molecular complexity index is 1280. The molecule has 11 heteroatoms. The van der Waals surface area contributed by atoms with Crippen LogP contribution in [0.15, 0.2) is 58.4 Å². The molecule has 0 aromatic heterocycles. The number of hydrogen-bond donors (Lipinski definition) is 1. The average molecular weight is 549 g/mol. The second kappa shape index (κ2) is 12.2. The molecule has 3 rings (SSSR count). The standard InChI is InChI=1S/C26H33FN4O4S2/c1-17(2)13-14-18(3)31-25(33)23(16-24(32)29-22-12-7-6-11-21(22)27)36-26(31)28-19-9-8-10-20(15-19)37(34,35)30(4)5/h6-12,15,17-18,23H,13-14,16H2,1-5H3,(H,29,32). The summed E-state index contributed by atoms with van der Waals surface area (Å²) >= 11 is 1.16. The van der Waals surface area contributed by atoms with E-state index in [0.717, 1.165) is 28.9 Å². The van der Waals surface area contributed by atoms with Gasteiger partial charge in [0.1, 0.15) is 11.1 Å². The van der Waals surface area contributed by atoms with Crippen molar-refractivity contribution in [1.82, 2.24) is 9.21 Å². The highest BCUT2D eigenvalue weighted by Crippen LogP contribution is 2.35. The van der Waals surface area contributed by atoms with Crippen LogP contribution in [0.2, 0.25) is 0 Å². The van der Waals surface area contributed by atoms with E-state index in [9.17, 15) is 22.4 Å². The van der Waals surface area contributed by atoms with Crippen LogP contribution < -0.4 is 5.32 Å². The van der Waals surface area contributed by atoms with Gasteiger partial charge in [0, 0.05) is 26.6 Å². The lowest BCUT2D eigenvalue weighted by atomic mass is 10.0. The summed E-state index contributed by atoms with van der Waals surface area (Å²) in [5, 5.41) is 2.20. The van der Waals surface area contributed by atoms with E-state index in [4.69, 9.17) is 0 Å². The number of carbonyl (C=O) groups is 2. The number of aliphatic imine (C=N–C) groups is 1. The minimum atomic E-state index is -3.66. The highest BCUT2D eigenvalue weighted by atomic mass is 32.2. The number of para-hydroxylation sites is 1.